The molecule has 1 heterocycles. The van der Waals surface area contributed by atoms with Gasteiger partial charge in [0.1, 0.15) is 6.04 Å². The maximum atomic E-state index is 13.0. The molecule has 142 valence electrons. The minimum absolute atomic E-state index is 0.1000. The fraction of sp³-hybridized carbons (Fsp3) is 0.300. The average molecular weight is 386 g/mol. The van der Waals surface area contributed by atoms with Crippen molar-refractivity contribution in [2.24, 2.45) is 0 Å². The van der Waals surface area contributed by atoms with Gasteiger partial charge in [0.25, 0.3) is 0 Å². The number of nitrogens with one attached hydrogen (secondary N) is 1. The van der Waals surface area contributed by atoms with Crippen LogP contribution in [0, 0.1) is 0 Å². The van der Waals surface area contributed by atoms with Crippen molar-refractivity contribution >= 4 is 27.4 Å². The highest BCUT2D eigenvalue weighted by molar-refractivity contribution is 7.89. The first-order valence-electron chi connectivity index (χ1n) is 8.88. The number of ketones is 1. The predicted molar refractivity (Wildman–Crippen MR) is 103 cm³/mol. The van der Waals surface area contributed by atoms with Gasteiger partial charge >= 0.3 is 0 Å². The normalized spacial score (nSPS) is 18.0. The lowest BCUT2D eigenvalue weighted by Gasteiger charge is -2.33. The van der Waals surface area contributed by atoms with Crippen LogP contribution in [0.15, 0.2) is 59.5 Å². The third-order valence-electron chi connectivity index (χ3n) is 4.64. The Bertz CT molecular complexity index is 941. The Morgan fingerprint density at radius 2 is 1.78 bits per heavy atom. The molecule has 3 rings (SSSR count). The van der Waals surface area contributed by atoms with Gasteiger partial charge < -0.3 is 5.32 Å². The summed E-state index contributed by atoms with van der Waals surface area (Å²) in [4.78, 5) is 24.5. The van der Waals surface area contributed by atoms with Crippen LogP contribution in [0.5, 0.6) is 0 Å². The van der Waals surface area contributed by atoms with Crippen molar-refractivity contribution in [3.63, 3.8) is 0 Å². The zero-order chi connectivity index (χ0) is 19.4. The van der Waals surface area contributed by atoms with E-state index in [1.165, 1.54) is 23.4 Å². The predicted octanol–water partition coefficient (Wildman–Crippen LogP) is 3.07. The molecule has 2 aromatic rings. The highest BCUT2D eigenvalue weighted by Gasteiger charge is 2.37. The zero-order valence-corrected chi connectivity index (χ0v) is 15.9. The molecule has 6 nitrogen and oxygen atoms in total. The molecule has 1 amide bonds. The van der Waals surface area contributed by atoms with Gasteiger partial charge in [-0.15, -0.1) is 0 Å². The molecular weight excluding hydrogens is 364 g/mol. The van der Waals surface area contributed by atoms with E-state index in [0.29, 0.717) is 24.2 Å². The van der Waals surface area contributed by atoms with E-state index in [9.17, 15) is 18.0 Å². The second-order valence-electron chi connectivity index (χ2n) is 6.57. The molecule has 0 aliphatic carbocycles. The van der Waals surface area contributed by atoms with Gasteiger partial charge in [-0.2, -0.15) is 4.31 Å². The van der Waals surface area contributed by atoms with Crippen molar-refractivity contribution in [2.45, 2.75) is 37.1 Å². The monoisotopic (exact) mass is 386 g/mol. The summed E-state index contributed by atoms with van der Waals surface area (Å²) in [6.07, 6.45) is 1.96. The number of anilines is 1. The van der Waals surface area contributed by atoms with E-state index >= 15 is 0 Å². The smallest absolute Gasteiger partial charge is 0.243 e. The van der Waals surface area contributed by atoms with Crippen LogP contribution in [0.4, 0.5) is 5.69 Å². The van der Waals surface area contributed by atoms with E-state index < -0.39 is 16.1 Å². The molecule has 7 heteroatoms. The number of amides is 1. The number of piperidine rings is 1. The number of hydrogen-bond acceptors (Lipinski definition) is 4. The van der Waals surface area contributed by atoms with Crippen LogP contribution in [0.3, 0.4) is 0 Å². The number of carbonyl (C=O) groups excluding carboxylic acids is 2. The standard InChI is InChI=1S/C20H22N2O4S/c1-15(23)16-8-7-9-17(14-16)21-20(24)19-12-5-6-13-22(19)27(25,26)18-10-3-2-4-11-18/h2-4,7-11,14,19H,5-6,12-13H2,1H3,(H,21,24)/t19-/m1/s1. The van der Waals surface area contributed by atoms with Crippen molar-refractivity contribution in [1.29, 1.82) is 0 Å². The number of benzene rings is 2. The fourth-order valence-electron chi connectivity index (χ4n) is 3.22. The molecule has 0 spiro atoms. The zero-order valence-electron chi connectivity index (χ0n) is 15.1. The molecule has 1 atom stereocenters. The van der Waals surface area contributed by atoms with Gasteiger partial charge in [0.05, 0.1) is 4.90 Å². The number of nitrogens with zero attached hydrogens (tertiary/aromatic N) is 1. The summed E-state index contributed by atoms with van der Waals surface area (Å²) in [5, 5.41) is 2.76. The van der Waals surface area contributed by atoms with E-state index in [0.717, 1.165) is 12.8 Å². The molecule has 1 saturated heterocycles. The molecule has 0 saturated carbocycles. The summed E-state index contributed by atoms with van der Waals surface area (Å²) >= 11 is 0. The topological polar surface area (TPSA) is 83.6 Å². The summed E-state index contributed by atoms with van der Waals surface area (Å²) in [6, 6.07) is 14.0. The van der Waals surface area contributed by atoms with Crippen molar-refractivity contribution in [3.05, 3.63) is 60.2 Å². The van der Waals surface area contributed by atoms with Crippen LogP contribution in [0.25, 0.3) is 0 Å². The van der Waals surface area contributed by atoms with Gasteiger partial charge in [0, 0.05) is 17.8 Å². The maximum Gasteiger partial charge on any atom is 0.243 e. The second-order valence-corrected chi connectivity index (χ2v) is 8.46. The van der Waals surface area contributed by atoms with E-state index in [1.54, 1.807) is 42.5 Å². The quantitative estimate of drug-likeness (QED) is 0.801. The molecule has 0 bridgehead atoms. The van der Waals surface area contributed by atoms with Crippen LogP contribution in [0.1, 0.15) is 36.5 Å². The lowest BCUT2D eigenvalue weighted by molar-refractivity contribution is -0.120. The minimum Gasteiger partial charge on any atom is -0.325 e. The molecular formula is C20H22N2O4S. The van der Waals surface area contributed by atoms with Crippen LogP contribution < -0.4 is 5.32 Å². The highest BCUT2D eigenvalue weighted by atomic mass is 32.2. The maximum absolute atomic E-state index is 13.0. The Labute approximate surface area is 159 Å². The molecule has 2 aromatic carbocycles. The summed E-state index contributed by atoms with van der Waals surface area (Å²) in [6.45, 7) is 1.76. The van der Waals surface area contributed by atoms with E-state index in [1.807, 2.05) is 0 Å². The number of rotatable bonds is 5. The SMILES string of the molecule is CC(=O)c1cccc(NC(=O)[C@H]2CCCCN2S(=O)(=O)c2ccccc2)c1. The highest BCUT2D eigenvalue weighted by Crippen LogP contribution is 2.26. The molecule has 27 heavy (non-hydrogen) atoms. The Balaban J connectivity index is 1.84. The van der Waals surface area contributed by atoms with E-state index in [-0.39, 0.29) is 16.6 Å². The Kier molecular flexibility index (Phi) is 5.72. The lowest BCUT2D eigenvalue weighted by Crippen LogP contribution is -2.49. The van der Waals surface area contributed by atoms with Gasteiger partial charge in [-0.05, 0) is 44.0 Å². The average Bonchev–Trinajstić information content (AvgIpc) is 2.69. The first kappa shape index (κ1) is 19.3. The van der Waals surface area contributed by atoms with Crippen LogP contribution in [-0.2, 0) is 14.8 Å². The third-order valence-corrected chi connectivity index (χ3v) is 6.57. The molecule has 1 N–H and O–H groups in total. The largest absolute Gasteiger partial charge is 0.325 e. The van der Waals surface area contributed by atoms with Crippen LogP contribution >= 0.6 is 0 Å². The fourth-order valence-corrected chi connectivity index (χ4v) is 4.90. The van der Waals surface area contributed by atoms with Crippen LogP contribution in [0.2, 0.25) is 0 Å². The second kappa shape index (κ2) is 8.02. The molecule has 0 unspecified atom stereocenters. The molecule has 1 aliphatic heterocycles. The first-order chi connectivity index (χ1) is 12.9. The van der Waals surface area contributed by atoms with Crippen molar-refractivity contribution in [3.8, 4) is 0 Å². The van der Waals surface area contributed by atoms with E-state index in [4.69, 9.17) is 0 Å². The molecule has 0 aromatic heterocycles. The van der Waals surface area contributed by atoms with Gasteiger partial charge in [0.15, 0.2) is 5.78 Å². The van der Waals surface area contributed by atoms with E-state index in [2.05, 4.69) is 5.32 Å². The van der Waals surface area contributed by atoms with Gasteiger partial charge in [-0.3, -0.25) is 9.59 Å². The Morgan fingerprint density at radius 3 is 2.48 bits per heavy atom. The summed E-state index contributed by atoms with van der Waals surface area (Å²) in [7, 11) is -3.75. The van der Waals surface area contributed by atoms with Gasteiger partial charge in [-0.25, -0.2) is 8.42 Å². The Hall–Kier alpha value is -2.51. The number of sulfonamides is 1. The van der Waals surface area contributed by atoms with Gasteiger partial charge in [-0.1, -0.05) is 36.8 Å². The molecule has 1 fully saturated rings. The van der Waals surface area contributed by atoms with Crippen molar-refractivity contribution < 1.29 is 18.0 Å². The van der Waals surface area contributed by atoms with Crippen LogP contribution in [-0.4, -0.2) is 37.0 Å². The van der Waals surface area contributed by atoms with Crippen molar-refractivity contribution in [2.75, 3.05) is 11.9 Å². The molecule has 0 radical (unpaired) electrons. The first-order valence-corrected chi connectivity index (χ1v) is 10.3. The summed E-state index contributed by atoms with van der Waals surface area (Å²) in [5.74, 6) is -0.480. The van der Waals surface area contributed by atoms with Crippen molar-refractivity contribution in [1.82, 2.24) is 4.31 Å². The molecule has 1 aliphatic rings. The number of Topliss-reactive ketones (excluding diaryl/α,β-unsaturated/α-hetero) is 1. The summed E-state index contributed by atoms with van der Waals surface area (Å²) < 4.78 is 27.3. The van der Waals surface area contributed by atoms with Gasteiger partial charge in [0.2, 0.25) is 15.9 Å². The number of carbonyl (C=O) groups is 2. The minimum atomic E-state index is -3.75. The lowest BCUT2D eigenvalue weighted by atomic mass is 10.0. The Morgan fingerprint density at radius 1 is 1.04 bits per heavy atom. The summed E-state index contributed by atoms with van der Waals surface area (Å²) in [5.41, 5.74) is 0.973. The number of hydrogen-bond donors (Lipinski definition) is 1. The third kappa shape index (κ3) is 4.26.